The molecule has 0 radical (unpaired) electrons. The molecule has 0 bridgehead atoms. The molecule has 0 aliphatic carbocycles. The summed E-state index contributed by atoms with van der Waals surface area (Å²) in [6.45, 7) is 2.46. The Kier molecular flexibility index (Phi) is 8.36. The van der Waals surface area contributed by atoms with Gasteiger partial charge in [0.25, 0.3) is 16.0 Å². The van der Waals surface area contributed by atoms with Crippen LogP contribution in [0.2, 0.25) is 0 Å². The van der Waals surface area contributed by atoms with Crippen molar-refractivity contribution in [1.82, 2.24) is 5.32 Å². The number of ether oxygens (including phenoxy) is 2. The summed E-state index contributed by atoms with van der Waals surface area (Å²) in [5, 5.41) is 2.42. The van der Waals surface area contributed by atoms with Crippen molar-refractivity contribution in [3.8, 4) is 5.75 Å². The van der Waals surface area contributed by atoms with Gasteiger partial charge in [-0.2, -0.15) is 8.42 Å². The third kappa shape index (κ3) is 7.53. The molecule has 0 aliphatic rings. The van der Waals surface area contributed by atoms with Crippen molar-refractivity contribution in [2.24, 2.45) is 0 Å². The van der Waals surface area contributed by atoms with Crippen LogP contribution in [-0.2, 0) is 19.6 Å². The lowest BCUT2D eigenvalue weighted by Crippen LogP contribution is -2.42. The number of hydrogen-bond acceptors (Lipinski definition) is 6. The lowest BCUT2D eigenvalue weighted by atomic mass is 10.1. The van der Waals surface area contributed by atoms with Crippen LogP contribution in [0.3, 0.4) is 0 Å². The lowest BCUT2D eigenvalue weighted by molar-refractivity contribution is -0.142. The zero-order chi connectivity index (χ0) is 18.9. The fourth-order valence-corrected chi connectivity index (χ4v) is 2.53. The van der Waals surface area contributed by atoms with Crippen molar-refractivity contribution in [2.75, 3.05) is 19.5 Å². The number of esters is 1. The minimum atomic E-state index is -4.27. The topological polar surface area (TPSA) is 119 Å². The van der Waals surface area contributed by atoms with E-state index in [1.165, 1.54) is 6.07 Å². The van der Waals surface area contributed by atoms with Gasteiger partial charge in [-0.05, 0) is 25.0 Å². The fraction of sp³-hybridized carbons (Fsp3) is 0.500. The Labute approximate surface area is 147 Å². The monoisotopic (exact) mass is 373 g/mol. The number of unbranched alkanes of at least 4 members (excludes halogenated alkanes) is 1. The summed E-state index contributed by atoms with van der Waals surface area (Å²) in [6.07, 6.45) is 1.46. The summed E-state index contributed by atoms with van der Waals surface area (Å²) in [5.74, 6) is -1.71. The van der Waals surface area contributed by atoms with Gasteiger partial charge in [0.15, 0.2) is 0 Å². The molecular formula is C16H23NO7S. The van der Waals surface area contributed by atoms with E-state index in [9.17, 15) is 18.0 Å². The summed E-state index contributed by atoms with van der Waals surface area (Å²) in [6, 6.07) is 5.33. The number of methoxy groups -OCH3 is 1. The van der Waals surface area contributed by atoms with E-state index in [2.05, 4.69) is 10.1 Å². The van der Waals surface area contributed by atoms with Gasteiger partial charge in [-0.25, -0.2) is 4.79 Å². The molecule has 1 atom stereocenters. The van der Waals surface area contributed by atoms with Gasteiger partial charge >= 0.3 is 5.97 Å². The van der Waals surface area contributed by atoms with E-state index in [1.54, 1.807) is 18.2 Å². The highest BCUT2D eigenvalue weighted by Gasteiger charge is 2.25. The van der Waals surface area contributed by atoms with Crippen LogP contribution in [-0.4, -0.2) is 50.4 Å². The van der Waals surface area contributed by atoms with E-state index >= 15 is 0 Å². The molecule has 1 rings (SSSR count). The molecular weight excluding hydrogens is 350 g/mol. The van der Waals surface area contributed by atoms with Gasteiger partial charge in [0.05, 0.1) is 25.0 Å². The van der Waals surface area contributed by atoms with Crippen LogP contribution < -0.4 is 10.1 Å². The predicted octanol–water partition coefficient (Wildman–Crippen LogP) is 1.41. The second-order valence-corrected chi connectivity index (χ2v) is 6.89. The Hall–Kier alpha value is -2.13. The molecule has 9 heteroatoms. The zero-order valence-electron chi connectivity index (χ0n) is 14.2. The van der Waals surface area contributed by atoms with E-state index in [0.717, 1.165) is 20.0 Å². The molecule has 2 N–H and O–H groups in total. The first-order chi connectivity index (χ1) is 11.8. The molecule has 140 valence electrons. The Morgan fingerprint density at radius 1 is 1.28 bits per heavy atom. The van der Waals surface area contributed by atoms with Crippen LogP contribution in [0, 0.1) is 0 Å². The first-order valence-corrected chi connectivity index (χ1v) is 9.45. The average Bonchev–Trinajstić information content (AvgIpc) is 2.57. The lowest BCUT2D eigenvalue weighted by Gasteiger charge is -2.17. The quantitative estimate of drug-likeness (QED) is 0.361. The summed E-state index contributed by atoms with van der Waals surface area (Å²) < 4.78 is 40.7. The zero-order valence-corrected chi connectivity index (χ0v) is 15.0. The normalized spacial score (nSPS) is 12.3. The van der Waals surface area contributed by atoms with Crippen LogP contribution in [0.25, 0.3) is 0 Å². The Bertz CT molecular complexity index is 687. The molecule has 0 aromatic heterocycles. The first kappa shape index (κ1) is 20.9. The highest BCUT2D eigenvalue weighted by molar-refractivity contribution is 7.85. The van der Waals surface area contributed by atoms with Gasteiger partial charge in [-0.3, -0.25) is 9.35 Å². The van der Waals surface area contributed by atoms with E-state index < -0.39 is 33.8 Å². The molecule has 25 heavy (non-hydrogen) atoms. The van der Waals surface area contributed by atoms with Crippen molar-refractivity contribution in [3.05, 3.63) is 29.8 Å². The number of rotatable bonds is 10. The number of hydrogen-bond donors (Lipinski definition) is 2. The van der Waals surface area contributed by atoms with Crippen LogP contribution >= 0.6 is 0 Å². The molecule has 0 saturated heterocycles. The number of nitrogens with one attached hydrogen (secondary N) is 1. The van der Waals surface area contributed by atoms with Gasteiger partial charge in [0.1, 0.15) is 11.8 Å². The SMILES string of the molecule is CCCCOc1ccccc1C(=O)N[C@@H](CCS(=O)(=O)O)C(=O)OC. The van der Waals surface area contributed by atoms with E-state index in [-0.39, 0.29) is 12.0 Å². The van der Waals surface area contributed by atoms with E-state index in [0.29, 0.717) is 12.4 Å². The van der Waals surface area contributed by atoms with Crippen LogP contribution in [0.1, 0.15) is 36.5 Å². The van der Waals surface area contributed by atoms with Crippen molar-refractivity contribution in [2.45, 2.75) is 32.2 Å². The van der Waals surface area contributed by atoms with Crippen LogP contribution in [0.5, 0.6) is 5.75 Å². The van der Waals surface area contributed by atoms with Gasteiger partial charge in [0.2, 0.25) is 0 Å². The summed E-state index contributed by atoms with van der Waals surface area (Å²) in [7, 11) is -3.15. The minimum Gasteiger partial charge on any atom is -0.493 e. The smallest absolute Gasteiger partial charge is 0.328 e. The largest absolute Gasteiger partial charge is 0.493 e. The second kappa shape index (κ2) is 10.00. The van der Waals surface area contributed by atoms with Crippen molar-refractivity contribution >= 4 is 22.0 Å². The van der Waals surface area contributed by atoms with E-state index in [4.69, 9.17) is 9.29 Å². The van der Waals surface area contributed by atoms with E-state index in [1.807, 2.05) is 6.92 Å². The van der Waals surface area contributed by atoms with Crippen molar-refractivity contribution < 1.29 is 32.0 Å². The number of para-hydroxylation sites is 1. The summed E-state index contributed by atoms with van der Waals surface area (Å²) in [4.78, 5) is 24.2. The van der Waals surface area contributed by atoms with Crippen molar-refractivity contribution in [3.63, 3.8) is 0 Å². The third-order valence-electron chi connectivity index (χ3n) is 3.34. The molecule has 0 fully saturated rings. The maximum Gasteiger partial charge on any atom is 0.328 e. The second-order valence-electron chi connectivity index (χ2n) is 5.32. The van der Waals surface area contributed by atoms with Gasteiger partial charge in [0, 0.05) is 0 Å². The molecule has 8 nitrogen and oxygen atoms in total. The highest BCUT2D eigenvalue weighted by atomic mass is 32.2. The maximum absolute atomic E-state index is 12.4. The Morgan fingerprint density at radius 3 is 2.56 bits per heavy atom. The highest BCUT2D eigenvalue weighted by Crippen LogP contribution is 2.18. The summed E-state index contributed by atoms with van der Waals surface area (Å²) >= 11 is 0. The average molecular weight is 373 g/mol. The molecule has 1 amide bonds. The first-order valence-electron chi connectivity index (χ1n) is 7.84. The molecule has 0 spiro atoms. The molecule has 0 heterocycles. The fourth-order valence-electron chi connectivity index (χ4n) is 2.00. The third-order valence-corrected chi connectivity index (χ3v) is 4.09. The Balaban J connectivity index is 2.87. The standard InChI is InChI=1S/C16H23NO7S/c1-3-4-10-24-14-8-6-5-7-12(14)15(18)17-13(16(19)23-2)9-11-25(20,21)22/h5-8,13H,3-4,9-11H2,1-2H3,(H,17,18)(H,20,21,22)/t13-/m0/s1. The molecule has 0 saturated carbocycles. The minimum absolute atomic E-state index is 0.222. The number of amides is 1. The molecule has 1 aromatic rings. The van der Waals surface area contributed by atoms with Crippen LogP contribution in [0.4, 0.5) is 0 Å². The van der Waals surface area contributed by atoms with Gasteiger partial charge in [-0.1, -0.05) is 25.5 Å². The predicted molar refractivity (Wildman–Crippen MR) is 91.1 cm³/mol. The van der Waals surface area contributed by atoms with Crippen molar-refractivity contribution in [1.29, 1.82) is 0 Å². The Morgan fingerprint density at radius 2 is 1.96 bits per heavy atom. The molecule has 0 unspecified atom stereocenters. The van der Waals surface area contributed by atoms with Gasteiger partial charge < -0.3 is 14.8 Å². The molecule has 0 aliphatic heterocycles. The number of benzene rings is 1. The van der Waals surface area contributed by atoms with Crippen LogP contribution in [0.15, 0.2) is 24.3 Å². The maximum atomic E-state index is 12.4. The van der Waals surface area contributed by atoms with Gasteiger partial charge in [-0.15, -0.1) is 0 Å². The number of carbonyl (C=O) groups excluding carboxylic acids is 2. The molecule has 1 aromatic carbocycles. The number of carbonyl (C=O) groups is 2. The summed E-state index contributed by atoms with van der Waals surface area (Å²) in [5.41, 5.74) is 0.222.